The molecule has 0 fully saturated rings. The molecule has 0 spiro atoms. The quantitative estimate of drug-likeness (QED) is 0.458. The van der Waals surface area contributed by atoms with Crippen molar-refractivity contribution in [3.05, 3.63) is 24.3 Å². The fourth-order valence-corrected chi connectivity index (χ4v) is 2.35. The average Bonchev–Trinajstić information content (AvgIpc) is 2.34. The highest BCUT2D eigenvalue weighted by atomic mass is 32.2. The molecule has 1 rings (SSSR count). The summed E-state index contributed by atoms with van der Waals surface area (Å²) in [6.07, 6.45) is 0.985. The van der Waals surface area contributed by atoms with E-state index in [1.165, 1.54) is 0 Å². The van der Waals surface area contributed by atoms with Crippen LogP contribution in [-0.4, -0.2) is 54.6 Å². The molecule has 0 radical (unpaired) electrons. The van der Waals surface area contributed by atoms with Crippen molar-refractivity contribution in [3.8, 4) is 0 Å². The van der Waals surface area contributed by atoms with Gasteiger partial charge in [-0.3, -0.25) is 0 Å². The van der Waals surface area contributed by atoms with E-state index >= 15 is 0 Å². The third-order valence-corrected chi connectivity index (χ3v) is 3.67. The Balaban J connectivity index is 2.44. The van der Waals surface area contributed by atoms with Crippen LogP contribution in [0.2, 0.25) is 0 Å². The van der Waals surface area contributed by atoms with Crippen LogP contribution in [0.3, 0.4) is 0 Å². The highest BCUT2D eigenvalue weighted by Crippen LogP contribution is 2.12. The summed E-state index contributed by atoms with van der Waals surface area (Å²) in [5.41, 5.74) is 1.00. The van der Waals surface area contributed by atoms with Gasteiger partial charge in [-0.2, -0.15) is 0 Å². The molecule has 18 heavy (non-hydrogen) atoms. The first-order valence-corrected chi connectivity index (χ1v) is 7.10. The molecule has 5 heteroatoms. The third-order valence-electron chi connectivity index (χ3n) is 2.51. The van der Waals surface area contributed by atoms with Crippen molar-refractivity contribution in [1.29, 1.82) is 0 Å². The van der Waals surface area contributed by atoms with Gasteiger partial charge in [0.05, 0.1) is 4.90 Å². The predicted octanol–water partition coefficient (Wildman–Crippen LogP) is 1.22. The third kappa shape index (κ3) is 5.08. The molecule has 1 aromatic carbocycles. The summed E-state index contributed by atoms with van der Waals surface area (Å²) in [7, 11) is 4.82. The maximum Gasteiger partial charge on any atom is 0.204 e. The topological polar surface area (TPSA) is 35.4 Å². The molecular formula is C13H22N3OS+. The second kappa shape index (κ2) is 7.41. The molecule has 0 aliphatic rings. The van der Waals surface area contributed by atoms with Crippen LogP contribution in [0.1, 0.15) is 6.42 Å². The van der Waals surface area contributed by atoms with E-state index in [1.807, 2.05) is 45.4 Å². The van der Waals surface area contributed by atoms with Crippen LogP contribution in [0.15, 0.2) is 29.2 Å². The van der Waals surface area contributed by atoms with Crippen molar-refractivity contribution in [3.63, 3.8) is 0 Å². The minimum absolute atomic E-state index is 0.752. The van der Waals surface area contributed by atoms with Crippen LogP contribution in [0.4, 0.5) is 5.69 Å². The van der Waals surface area contributed by atoms with Crippen LogP contribution in [0.5, 0.6) is 0 Å². The minimum atomic E-state index is -1.13. The second-order valence-electron chi connectivity index (χ2n) is 4.51. The first-order valence-electron chi connectivity index (χ1n) is 5.95. The zero-order valence-electron chi connectivity index (χ0n) is 11.3. The van der Waals surface area contributed by atoms with E-state index in [4.69, 9.17) is 0 Å². The fourth-order valence-electron chi connectivity index (χ4n) is 1.47. The molecule has 1 N–H and O–H groups in total. The SMILES string of the molecule is C=[N+](C)c1ccc(S(=O)NCCCN(C)C)cc1. The van der Waals surface area contributed by atoms with Gasteiger partial charge in [0, 0.05) is 18.7 Å². The number of nitrogens with zero attached hydrogens (tertiary/aromatic N) is 2. The van der Waals surface area contributed by atoms with E-state index in [9.17, 15) is 4.21 Å². The van der Waals surface area contributed by atoms with Gasteiger partial charge in [-0.05, 0) is 39.2 Å². The van der Waals surface area contributed by atoms with Crippen LogP contribution >= 0.6 is 0 Å². The smallest absolute Gasteiger partial charge is 0.204 e. The summed E-state index contributed by atoms with van der Waals surface area (Å²) in [6.45, 7) is 5.54. The second-order valence-corrected chi connectivity index (χ2v) is 5.81. The first kappa shape index (κ1) is 15.0. The molecule has 0 aliphatic heterocycles. The number of hydrogen-bond donors (Lipinski definition) is 1. The zero-order chi connectivity index (χ0) is 13.5. The summed E-state index contributed by atoms with van der Waals surface area (Å²) in [6, 6.07) is 7.57. The van der Waals surface area contributed by atoms with Gasteiger partial charge >= 0.3 is 0 Å². The molecule has 100 valence electrons. The van der Waals surface area contributed by atoms with E-state index in [0.717, 1.165) is 30.1 Å². The zero-order valence-corrected chi connectivity index (χ0v) is 12.2. The highest BCUT2D eigenvalue weighted by molar-refractivity contribution is 7.83. The largest absolute Gasteiger partial charge is 0.309 e. The van der Waals surface area contributed by atoms with Gasteiger partial charge < -0.3 is 4.90 Å². The predicted molar refractivity (Wildman–Crippen MR) is 77.0 cm³/mol. The standard InChI is InChI=1S/C13H22N3OS/c1-15(2)11-5-10-14-18(17)13-8-6-12(7-9-13)16(3)4/h6-9,14H,3,5,10-11H2,1-2,4H3/q+1. The van der Waals surface area contributed by atoms with E-state index in [0.29, 0.717) is 0 Å². The minimum Gasteiger partial charge on any atom is -0.309 e. The molecule has 4 nitrogen and oxygen atoms in total. The Labute approximate surface area is 112 Å². The van der Waals surface area contributed by atoms with Crippen molar-refractivity contribution in [2.75, 3.05) is 34.2 Å². The Morgan fingerprint density at radius 1 is 1.33 bits per heavy atom. The van der Waals surface area contributed by atoms with Crippen molar-refractivity contribution >= 4 is 23.4 Å². The lowest BCUT2D eigenvalue weighted by Gasteiger charge is -2.09. The summed E-state index contributed by atoms with van der Waals surface area (Å²) in [4.78, 5) is 2.91. The molecule has 0 bridgehead atoms. The van der Waals surface area contributed by atoms with Crippen molar-refractivity contribution in [2.45, 2.75) is 11.3 Å². The molecule has 0 aliphatic carbocycles. The normalized spacial score (nSPS) is 12.7. The summed E-state index contributed by atoms with van der Waals surface area (Å²) >= 11 is 0. The fraction of sp³-hybridized carbons (Fsp3) is 0.462. The van der Waals surface area contributed by atoms with E-state index in [-0.39, 0.29) is 0 Å². The lowest BCUT2D eigenvalue weighted by Crippen LogP contribution is -2.23. The van der Waals surface area contributed by atoms with Crippen LogP contribution < -0.4 is 4.72 Å². The monoisotopic (exact) mass is 268 g/mol. The van der Waals surface area contributed by atoms with Crippen LogP contribution in [-0.2, 0) is 11.0 Å². The molecule has 0 saturated heterocycles. The van der Waals surface area contributed by atoms with Crippen molar-refractivity contribution in [1.82, 2.24) is 9.62 Å². The lowest BCUT2D eigenvalue weighted by molar-refractivity contribution is -0.394. The van der Waals surface area contributed by atoms with E-state index in [1.54, 1.807) is 4.58 Å². The van der Waals surface area contributed by atoms with Crippen LogP contribution in [0, 0.1) is 0 Å². The summed E-state index contributed by atoms with van der Waals surface area (Å²) in [5.74, 6) is 0. The average molecular weight is 268 g/mol. The molecular weight excluding hydrogens is 246 g/mol. The van der Waals surface area contributed by atoms with Gasteiger partial charge in [0.15, 0.2) is 0 Å². The highest BCUT2D eigenvalue weighted by Gasteiger charge is 2.05. The summed E-state index contributed by atoms with van der Waals surface area (Å²) in [5, 5.41) is 0. The molecule has 1 atom stereocenters. The molecule has 0 aromatic heterocycles. The van der Waals surface area contributed by atoms with Crippen LogP contribution in [0.25, 0.3) is 0 Å². The molecule has 0 amide bonds. The Morgan fingerprint density at radius 2 is 1.94 bits per heavy atom. The molecule has 0 saturated carbocycles. The molecule has 1 aromatic rings. The van der Waals surface area contributed by atoms with Gasteiger partial charge in [-0.1, -0.05) is 0 Å². The maximum absolute atomic E-state index is 11.9. The lowest BCUT2D eigenvalue weighted by atomic mass is 10.3. The summed E-state index contributed by atoms with van der Waals surface area (Å²) < 4.78 is 16.7. The van der Waals surface area contributed by atoms with E-state index < -0.39 is 11.0 Å². The van der Waals surface area contributed by atoms with Crippen molar-refractivity contribution < 1.29 is 8.78 Å². The Bertz CT molecular complexity index is 415. The van der Waals surface area contributed by atoms with E-state index in [2.05, 4.69) is 16.3 Å². The Kier molecular flexibility index (Phi) is 6.18. The van der Waals surface area contributed by atoms with Gasteiger partial charge in [0.1, 0.15) is 24.8 Å². The van der Waals surface area contributed by atoms with Gasteiger partial charge in [0.2, 0.25) is 5.69 Å². The molecule has 0 heterocycles. The number of rotatable bonds is 7. The maximum atomic E-state index is 11.9. The number of benzene rings is 1. The number of hydrogen-bond acceptors (Lipinski definition) is 2. The van der Waals surface area contributed by atoms with Gasteiger partial charge in [0.25, 0.3) is 0 Å². The van der Waals surface area contributed by atoms with Crippen molar-refractivity contribution in [2.24, 2.45) is 0 Å². The van der Waals surface area contributed by atoms with Gasteiger partial charge in [-0.25, -0.2) is 13.5 Å². The Morgan fingerprint density at radius 3 is 2.44 bits per heavy atom. The first-order chi connectivity index (χ1) is 8.50. The number of nitrogens with one attached hydrogen (secondary N) is 1. The Hall–Kier alpha value is -1.04. The van der Waals surface area contributed by atoms with Gasteiger partial charge in [-0.15, -0.1) is 0 Å². The molecule has 1 unspecified atom stereocenters.